The molecule has 22 heavy (non-hydrogen) atoms. The summed E-state index contributed by atoms with van der Waals surface area (Å²) in [5.74, 6) is 0.514. The molecule has 1 aliphatic heterocycles. The zero-order valence-electron chi connectivity index (χ0n) is 13.0. The lowest BCUT2D eigenvalue weighted by Gasteiger charge is -2.23. The molecule has 1 aromatic heterocycles. The Balaban J connectivity index is 1.92. The van der Waals surface area contributed by atoms with Crippen molar-refractivity contribution < 1.29 is 14.4 Å². The maximum atomic E-state index is 9.99. The fourth-order valence-corrected chi connectivity index (χ4v) is 2.20. The number of nitrogens with zero attached hydrogens (tertiary/aromatic N) is 4. The first-order chi connectivity index (χ1) is 10.2. The summed E-state index contributed by atoms with van der Waals surface area (Å²) in [5, 5.41) is 20.8. The fraction of sp³-hybridized carbons (Fsp3) is 0.692. The molecule has 0 spiro atoms. The van der Waals surface area contributed by atoms with E-state index in [9.17, 15) is 5.11 Å². The topological polar surface area (TPSA) is 109 Å². The number of nitrogen functional groups attached to an aromatic ring is 1. The molecule has 0 amide bonds. The molecule has 1 aromatic rings. The molecule has 0 saturated carbocycles. The van der Waals surface area contributed by atoms with Gasteiger partial charge >= 0.3 is 6.08 Å². The highest BCUT2D eigenvalue weighted by molar-refractivity contribution is 6.31. The van der Waals surface area contributed by atoms with E-state index in [1.165, 1.54) is 0 Å². The number of nitrogens with two attached hydrogens (primary N) is 1. The molecule has 0 radical (unpaired) electrons. The van der Waals surface area contributed by atoms with Gasteiger partial charge in [0.1, 0.15) is 5.60 Å². The first-order valence-corrected chi connectivity index (χ1v) is 7.54. The molecule has 9 heteroatoms. The SMILES string of the molecule is CC(C)(C)OC(O)=[N+]1CCC(Nc2nnc(Cl)c(N)n2)CC1. The molecule has 1 fully saturated rings. The van der Waals surface area contributed by atoms with Crippen LogP contribution in [-0.4, -0.2) is 55.7 Å². The number of rotatable bonds is 2. The highest BCUT2D eigenvalue weighted by Gasteiger charge is 2.28. The standard InChI is InChI=1S/C13H21ClN6O2/c1-13(2,3)22-12(21)20-6-4-8(5-7-20)16-11-17-10(15)9(14)18-19-11/h8H,4-7H2,1-3H3,(H3,15,16,17,19)/p+1. The second-order valence-electron chi connectivity index (χ2n) is 6.21. The van der Waals surface area contributed by atoms with E-state index >= 15 is 0 Å². The summed E-state index contributed by atoms with van der Waals surface area (Å²) < 4.78 is 7.29. The van der Waals surface area contributed by atoms with E-state index in [1.807, 2.05) is 25.3 Å². The quantitative estimate of drug-likeness (QED) is 0.556. The van der Waals surface area contributed by atoms with E-state index in [0.717, 1.165) is 12.8 Å². The lowest BCUT2D eigenvalue weighted by atomic mass is 10.1. The summed E-state index contributed by atoms with van der Waals surface area (Å²) in [5.41, 5.74) is 5.18. The van der Waals surface area contributed by atoms with Gasteiger partial charge in [-0.25, -0.2) is 0 Å². The van der Waals surface area contributed by atoms with Gasteiger partial charge in [0.2, 0.25) is 5.95 Å². The lowest BCUT2D eigenvalue weighted by Crippen LogP contribution is -2.39. The molecular formula is C13H22ClN6O2+. The Kier molecular flexibility index (Phi) is 4.90. The van der Waals surface area contributed by atoms with E-state index in [-0.39, 0.29) is 23.1 Å². The van der Waals surface area contributed by atoms with E-state index < -0.39 is 5.60 Å². The smallest absolute Gasteiger partial charge is 0.430 e. The zero-order valence-corrected chi connectivity index (χ0v) is 13.8. The average Bonchev–Trinajstić information content (AvgIpc) is 2.42. The van der Waals surface area contributed by atoms with Crippen molar-refractivity contribution in [3.63, 3.8) is 0 Å². The monoisotopic (exact) mass is 329 g/mol. The lowest BCUT2D eigenvalue weighted by molar-refractivity contribution is -0.555. The Morgan fingerprint density at radius 3 is 2.55 bits per heavy atom. The minimum atomic E-state index is -0.417. The van der Waals surface area contributed by atoms with Crippen LogP contribution in [0.5, 0.6) is 0 Å². The van der Waals surface area contributed by atoms with Crippen molar-refractivity contribution >= 4 is 29.5 Å². The number of piperidine rings is 1. The summed E-state index contributed by atoms with van der Waals surface area (Å²) in [6.45, 7) is 7.04. The summed E-state index contributed by atoms with van der Waals surface area (Å²) in [6, 6.07) is 0.182. The number of aliphatic hydroxyl groups is 1. The third-order valence-electron chi connectivity index (χ3n) is 3.17. The molecule has 0 atom stereocenters. The Morgan fingerprint density at radius 1 is 1.36 bits per heavy atom. The minimum Gasteiger partial charge on any atom is -0.430 e. The van der Waals surface area contributed by atoms with Crippen LogP contribution in [0.15, 0.2) is 0 Å². The van der Waals surface area contributed by atoms with Gasteiger partial charge in [0.15, 0.2) is 24.1 Å². The fourth-order valence-electron chi connectivity index (χ4n) is 2.12. The van der Waals surface area contributed by atoms with Crippen LogP contribution in [0.4, 0.5) is 11.8 Å². The van der Waals surface area contributed by atoms with Crippen LogP contribution in [0.1, 0.15) is 33.6 Å². The van der Waals surface area contributed by atoms with E-state index in [0.29, 0.717) is 19.0 Å². The van der Waals surface area contributed by atoms with Crippen molar-refractivity contribution in [3.05, 3.63) is 5.15 Å². The maximum absolute atomic E-state index is 9.99. The normalized spacial score (nSPS) is 18.9. The molecule has 122 valence electrons. The van der Waals surface area contributed by atoms with Crippen molar-refractivity contribution in [1.29, 1.82) is 0 Å². The van der Waals surface area contributed by atoms with Gasteiger partial charge < -0.3 is 20.9 Å². The van der Waals surface area contributed by atoms with Crippen LogP contribution >= 0.6 is 11.6 Å². The molecule has 2 rings (SSSR count). The zero-order chi connectivity index (χ0) is 16.3. The first-order valence-electron chi connectivity index (χ1n) is 7.17. The Labute approximate surface area is 134 Å². The molecule has 0 aromatic carbocycles. The number of aromatic nitrogens is 3. The number of halogens is 1. The van der Waals surface area contributed by atoms with Crippen molar-refractivity contribution in [1.82, 2.24) is 15.2 Å². The second-order valence-corrected chi connectivity index (χ2v) is 6.57. The van der Waals surface area contributed by atoms with E-state index in [1.54, 1.807) is 0 Å². The van der Waals surface area contributed by atoms with Crippen molar-refractivity contribution in [2.45, 2.75) is 45.3 Å². The highest BCUT2D eigenvalue weighted by atomic mass is 35.5. The van der Waals surface area contributed by atoms with Gasteiger partial charge in [0.05, 0.1) is 0 Å². The summed E-state index contributed by atoms with van der Waals surface area (Å²) in [7, 11) is 0. The number of aliphatic hydroxyl groups excluding tert-OH is 1. The molecular weight excluding hydrogens is 308 g/mol. The average molecular weight is 330 g/mol. The molecule has 1 aliphatic rings. The van der Waals surface area contributed by atoms with Crippen molar-refractivity contribution in [3.8, 4) is 0 Å². The third kappa shape index (κ3) is 4.59. The van der Waals surface area contributed by atoms with Crippen molar-refractivity contribution in [2.75, 3.05) is 24.1 Å². The second kappa shape index (κ2) is 6.51. The van der Waals surface area contributed by atoms with Gasteiger partial charge in [0, 0.05) is 18.9 Å². The highest BCUT2D eigenvalue weighted by Crippen LogP contribution is 2.16. The number of nitrogens with one attached hydrogen (secondary N) is 1. The first kappa shape index (κ1) is 16.5. The molecule has 1 saturated heterocycles. The van der Waals surface area contributed by atoms with Crippen LogP contribution in [-0.2, 0) is 4.74 Å². The summed E-state index contributed by atoms with van der Waals surface area (Å²) in [4.78, 5) is 4.04. The number of hydrogen-bond acceptors (Lipinski definition) is 6. The van der Waals surface area contributed by atoms with Gasteiger partial charge in [-0.15, -0.1) is 10.2 Å². The van der Waals surface area contributed by atoms with Crippen LogP contribution in [0.2, 0.25) is 5.15 Å². The Hall–Kier alpha value is -1.83. The molecule has 0 bridgehead atoms. The summed E-state index contributed by atoms with van der Waals surface area (Å²) >= 11 is 5.69. The predicted molar refractivity (Wildman–Crippen MR) is 84.4 cm³/mol. The van der Waals surface area contributed by atoms with Gasteiger partial charge in [-0.1, -0.05) is 11.6 Å². The predicted octanol–water partition coefficient (Wildman–Crippen LogP) is 1.42. The molecule has 8 nitrogen and oxygen atoms in total. The largest absolute Gasteiger partial charge is 0.547 e. The Morgan fingerprint density at radius 2 is 2.00 bits per heavy atom. The molecule has 0 unspecified atom stereocenters. The van der Waals surface area contributed by atoms with Gasteiger partial charge in [-0.2, -0.15) is 9.56 Å². The van der Waals surface area contributed by atoms with Crippen LogP contribution in [0, 0.1) is 0 Å². The van der Waals surface area contributed by atoms with Gasteiger partial charge in [-0.3, -0.25) is 0 Å². The van der Waals surface area contributed by atoms with Crippen molar-refractivity contribution in [2.24, 2.45) is 0 Å². The minimum absolute atomic E-state index is 0.0281. The third-order valence-corrected chi connectivity index (χ3v) is 3.44. The van der Waals surface area contributed by atoms with Crippen LogP contribution in [0.25, 0.3) is 0 Å². The van der Waals surface area contributed by atoms with Gasteiger partial charge in [0.25, 0.3) is 0 Å². The Bertz CT molecular complexity index is 562. The molecule has 0 aliphatic carbocycles. The van der Waals surface area contributed by atoms with E-state index in [2.05, 4.69) is 20.5 Å². The van der Waals surface area contributed by atoms with Crippen LogP contribution < -0.4 is 11.1 Å². The number of anilines is 2. The number of hydrogen-bond donors (Lipinski definition) is 3. The van der Waals surface area contributed by atoms with Gasteiger partial charge in [-0.05, 0) is 20.8 Å². The summed E-state index contributed by atoms with van der Waals surface area (Å²) in [6.07, 6.45) is 1.59. The van der Waals surface area contributed by atoms with Crippen LogP contribution in [0.3, 0.4) is 0 Å². The molecule has 2 heterocycles. The maximum Gasteiger partial charge on any atom is 0.547 e. The van der Waals surface area contributed by atoms with E-state index in [4.69, 9.17) is 22.1 Å². The molecule has 4 N–H and O–H groups in total. The number of ether oxygens (including phenoxy) is 1.